The molecule has 0 aromatic carbocycles. The molecule has 2 heterocycles. The number of nitrogens with zero attached hydrogens (tertiary/aromatic N) is 3. The van der Waals surface area contributed by atoms with Crippen molar-refractivity contribution in [2.24, 2.45) is 5.73 Å². The van der Waals surface area contributed by atoms with E-state index in [1.165, 1.54) is 11.3 Å². The van der Waals surface area contributed by atoms with E-state index in [1.54, 1.807) is 11.7 Å². The number of hydrogen-bond donors (Lipinski definition) is 1. The van der Waals surface area contributed by atoms with Crippen molar-refractivity contribution < 1.29 is 12.9 Å². The highest BCUT2D eigenvalue weighted by atomic mass is 32.2. The van der Waals surface area contributed by atoms with E-state index in [-0.39, 0.29) is 18.1 Å². The zero-order valence-electron chi connectivity index (χ0n) is 9.61. The minimum Gasteiger partial charge on any atom is -0.337 e. The van der Waals surface area contributed by atoms with Crippen molar-refractivity contribution in [1.82, 2.24) is 15.1 Å². The first-order chi connectivity index (χ1) is 8.46. The molecule has 18 heavy (non-hydrogen) atoms. The first-order valence-corrected chi connectivity index (χ1v) is 8.05. The van der Waals surface area contributed by atoms with Crippen molar-refractivity contribution in [3.63, 3.8) is 0 Å². The predicted molar refractivity (Wildman–Crippen MR) is 66.7 cm³/mol. The van der Waals surface area contributed by atoms with Gasteiger partial charge in [0.2, 0.25) is 11.7 Å². The average Bonchev–Trinajstić information content (AvgIpc) is 2.94. The molecule has 1 atom stereocenters. The molecule has 2 aromatic rings. The second kappa shape index (κ2) is 5.12. The Morgan fingerprint density at radius 3 is 2.94 bits per heavy atom. The summed E-state index contributed by atoms with van der Waals surface area (Å²) in [6.07, 6.45) is 3.04. The topological polar surface area (TPSA) is 112 Å². The summed E-state index contributed by atoms with van der Waals surface area (Å²) < 4.78 is 27.1. The smallest absolute Gasteiger partial charge is 0.243 e. The number of rotatable bonds is 5. The molecule has 0 aliphatic rings. The maximum Gasteiger partial charge on any atom is 0.243 e. The average molecular weight is 288 g/mol. The van der Waals surface area contributed by atoms with Crippen LogP contribution in [0.25, 0.3) is 10.7 Å². The number of hydrogen-bond acceptors (Lipinski definition) is 8. The quantitative estimate of drug-likeness (QED) is 0.858. The van der Waals surface area contributed by atoms with Crippen molar-refractivity contribution in [3.05, 3.63) is 17.6 Å². The van der Waals surface area contributed by atoms with Crippen LogP contribution in [-0.4, -0.2) is 35.6 Å². The van der Waals surface area contributed by atoms with E-state index in [2.05, 4.69) is 15.1 Å². The highest BCUT2D eigenvalue weighted by molar-refractivity contribution is 7.90. The van der Waals surface area contributed by atoms with Crippen molar-refractivity contribution >= 4 is 21.2 Å². The number of nitrogens with two attached hydrogens (primary N) is 1. The van der Waals surface area contributed by atoms with Crippen LogP contribution in [0.15, 0.2) is 16.2 Å². The first-order valence-electron chi connectivity index (χ1n) is 5.11. The Morgan fingerprint density at radius 1 is 1.56 bits per heavy atom. The van der Waals surface area contributed by atoms with Gasteiger partial charge in [-0.2, -0.15) is 4.98 Å². The van der Waals surface area contributed by atoms with E-state index >= 15 is 0 Å². The number of sulfone groups is 1. The summed E-state index contributed by atoms with van der Waals surface area (Å²) in [6, 6.07) is -0.575. The fraction of sp³-hybridized carbons (Fsp3) is 0.444. The first kappa shape index (κ1) is 13.1. The lowest BCUT2D eigenvalue weighted by Gasteiger charge is -2.04. The lowest BCUT2D eigenvalue weighted by Crippen LogP contribution is -2.15. The summed E-state index contributed by atoms with van der Waals surface area (Å²) in [6.45, 7) is 0. The fourth-order valence-electron chi connectivity index (χ4n) is 1.28. The highest BCUT2D eigenvalue weighted by Gasteiger charge is 2.18. The van der Waals surface area contributed by atoms with Gasteiger partial charge >= 0.3 is 0 Å². The van der Waals surface area contributed by atoms with Gasteiger partial charge in [0.1, 0.15) is 9.84 Å². The summed E-state index contributed by atoms with van der Waals surface area (Å²) in [4.78, 5) is 8.81. The SMILES string of the molecule is CS(=O)(=O)CCC(N)c1nc(-c2cncs2)no1. The van der Waals surface area contributed by atoms with Crippen LogP contribution >= 0.6 is 11.3 Å². The minimum atomic E-state index is -3.04. The molecule has 0 saturated heterocycles. The molecule has 0 amide bonds. The van der Waals surface area contributed by atoms with Crippen LogP contribution in [0.3, 0.4) is 0 Å². The summed E-state index contributed by atoms with van der Waals surface area (Å²) >= 11 is 1.39. The van der Waals surface area contributed by atoms with Crippen LogP contribution in [0.2, 0.25) is 0 Å². The van der Waals surface area contributed by atoms with Gasteiger partial charge in [0, 0.05) is 12.5 Å². The molecule has 0 bridgehead atoms. The molecule has 98 valence electrons. The molecule has 7 nitrogen and oxygen atoms in total. The highest BCUT2D eigenvalue weighted by Crippen LogP contribution is 2.22. The van der Waals surface area contributed by atoms with E-state index < -0.39 is 15.9 Å². The Bertz CT molecular complexity index is 606. The molecule has 0 aliphatic carbocycles. The van der Waals surface area contributed by atoms with Gasteiger partial charge in [-0.3, -0.25) is 4.98 Å². The van der Waals surface area contributed by atoms with Gasteiger partial charge in [-0.05, 0) is 6.42 Å². The number of thiazole rings is 1. The molecule has 2 rings (SSSR count). The standard InChI is InChI=1S/C9H12N4O3S2/c1-18(14,15)3-2-6(10)9-12-8(13-16-9)7-4-11-5-17-7/h4-6H,2-3,10H2,1H3. The molecule has 2 N–H and O–H groups in total. The van der Waals surface area contributed by atoms with Crippen LogP contribution in [0, 0.1) is 0 Å². The van der Waals surface area contributed by atoms with E-state index in [9.17, 15) is 8.42 Å². The van der Waals surface area contributed by atoms with Crippen molar-refractivity contribution in [1.29, 1.82) is 0 Å². The molecule has 0 aliphatic heterocycles. The second-order valence-corrected chi connectivity index (χ2v) is 6.99. The lowest BCUT2D eigenvalue weighted by atomic mass is 10.2. The molecule has 0 saturated carbocycles. The Kier molecular flexibility index (Phi) is 3.73. The maximum atomic E-state index is 11.0. The van der Waals surface area contributed by atoms with Crippen molar-refractivity contribution in [2.75, 3.05) is 12.0 Å². The van der Waals surface area contributed by atoms with Gasteiger partial charge in [0.15, 0.2) is 0 Å². The predicted octanol–water partition coefficient (Wildman–Crippen LogP) is 0.628. The number of aromatic nitrogens is 3. The van der Waals surface area contributed by atoms with Crippen molar-refractivity contribution in [2.45, 2.75) is 12.5 Å². The van der Waals surface area contributed by atoms with Gasteiger partial charge in [-0.1, -0.05) is 5.16 Å². The zero-order chi connectivity index (χ0) is 13.2. The van der Waals surface area contributed by atoms with E-state index in [0.717, 1.165) is 11.1 Å². The third kappa shape index (κ3) is 3.34. The minimum absolute atomic E-state index is 0.00750. The Hall–Kier alpha value is -1.32. The normalized spacial score (nSPS) is 13.7. The fourth-order valence-corrected chi connectivity index (χ4v) is 2.50. The summed E-state index contributed by atoms with van der Waals surface area (Å²) in [5.74, 6) is 0.649. The van der Waals surface area contributed by atoms with Crippen molar-refractivity contribution in [3.8, 4) is 10.7 Å². The summed E-state index contributed by atoms with van der Waals surface area (Å²) in [5, 5.41) is 3.78. The van der Waals surface area contributed by atoms with Gasteiger partial charge < -0.3 is 10.3 Å². The Labute approximate surface area is 108 Å². The summed E-state index contributed by atoms with van der Waals surface area (Å²) in [7, 11) is -3.04. The Morgan fingerprint density at radius 2 is 2.33 bits per heavy atom. The molecule has 0 spiro atoms. The Balaban J connectivity index is 2.06. The van der Waals surface area contributed by atoms with Crippen LogP contribution in [0.5, 0.6) is 0 Å². The van der Waals surface area contributed by atoms with E-state index in [4.69, 9.17) is 10.3 Å². The van der Waals surface area contributed by atoms with Crippen LogP contribution < -0.4 is 5.73 Å². The molecule has 2 aromatic heterocycles. The molecular weight excluding hydrogens is 276 g/mol. The van der Waals surface area contributed by atoms with Gasteiger partial charge in [0.25, 0.3) is 0 Å². The third-order valence-corrected chi connectivity index (χ3v) is 3.96. The van der Waals surface area contributed by atoms with Crippen LogP contribution in [0.1, 0.15) is 18.4 Å². The molecule has 1 unspecified atom stereocenters. The third-order valence-electron chi connectivity index (χ3n) is 2.21. The second-order valence-electron chi connectivity index (χ2n) is 3.85. The summed E-state index contributed by atoms with van der Waals surface area (Å²) in [5.41, 5.74) is 7.46. The zero-order valence-corrected chi connectivity index (χ0v) is 11.2. The van der Waals surface area contributed by atoms with E-state index in [1.807, 2.05) is 0 Å². The molecular formula is C9H12N4O3S2. The van der Waals surface area contributed by atoms with Gasteiger partial charge in [0.05, 0.1) is 22.2 Å². The lowest BCUT2D eigenvalue weighted by molar-refractivity contribution is 0.352. The maximum absolute atomic E-state index is 11.0. The monoisotopic (exact) mass is 288 g/mol. The molecule has 0 fully saturated rings. The van der Waals surface area contributed by atoms with Gasteiger partial charge in [-0.15, -0.1) is 11.3 Å². The van der Waals surface area contributed by atoms with Gasteiger partial charge in [-0.25, -0.2) is 8.42 Å². The molecule has 9 heteroatoms. The van der Waals surface area contributed by atoms with E-state index in [0.29, 0.717) is 5.82 Å². The van der Waals surface area contributed by atoms with Crippen LogP contribution in [-0.2, 0) is 9.84 Å². The van der Waals surface area contributed by atoms with Crippen LogP contribution in [0.4, 0.5) is 0 Å². The largest absolute Gasteiger partial charge is 0.337 e. The molecule has 0 radical (unpaired) electrons.